The van der Waals surface area contributed by atoms with Gasteiger partial charge in [-0.1, -0.05) is 0 Å². The number of alkyl halides is 2. The molecule has 0 aromatic carbocycles. The molecule has 0 aliphatic rings. The van der Waals surface area contributed by atoms with Crippen LogP contribution in [0.15, 0.2) is 0 Å². The molecule has 0 heterocycles. The standard InChI is InChI=1S/C7H14F2O6S2/c8-2-6-16(10,11)14-4-1-5-15-17(12,13)7-3-9/h1-7H2. The van der Waals surface area contributed by atoms with Crippen molar-refractivity contribution >= 4 is 20.2 Å². The largest absolute Gasteiger partial charge is 0.270 e. The van der Waals surface area contributed by atoms with Crippen molar-refractivity contribution in [2.24, 2.45) is 0 Å². The van der Waals surface area contributed by atoms with Crippen LogP contribution in [-0.2, 0) is 28.6 Å². The minimum atomic E-state index is -3.90. The smallest absolute Gasteiger partial charge is 0.269 e. The van der Waals surface area contributed by atoms with Gasteiger partial charge in [-0.15, -0.1) is 0 Å². The van der Waals surface area contributed by atoms with E-state index >= 15 is 0 Å². The van der Waals surface area contributed by atoms with Crippen LogP contribution in [-0.4, -0.2) is 54.9 Å². The Morgan fingerprint density at radius 2 is 1.12 bits per heavy atom. The predicted molar refractivity (Wildman–Crippen MR) is 56.0 cm³/mol. The second-order valence-electron chi connectivity index (χ2n) is 2.90. The van der Waals surface area contributed by atoms with Crippen molar-refractivity contribution in [1.29, 1.82) is 0 Å². The second-order valence-corrected chi connectivity index (χ2v) is 6.42. The van der Waals surface area contributed by atoms with E-state index in [0.29, 0.717) is 0 Å². The third kappa shape index (κ3) is 9.39. The highest BCUT2D eigenvalue weighted by Gasteiger charge is 2.12. The summed E-state index contributed by atoms with van der Waals surface area (Å²) < 4.78 is 75.4. The summed E-state index contributed by atoms with van der Waals surface area (Å²) in [6, 6.07) is 0. The van der Waals surface area contributed by atoms with Crippen LogP contribution in [0.5, 0.6) is 0 Å². The van der Waals surface area contributed by atoms with Crippen molar-refractivity contribution in [3.63, 3.8) is 0 Å². The van der Waals surface area contributed by atoms with Gasteiger partial charge in [0.2, 0.25) is 0 Å². The zero-order chi connectivity index (χ0) is 13.4. The van der Waals surface area contributed by atoms with Gasteiger partial charge < -0.3 is 0 Å². The molecule has 0 fully saturated rings. The van der Waals surface area contributed by atoms with E-state index in [2.05, 4.69) is 8.37 Å². The van der Waals surface area contributed by atoms with Crippen LogP contribution in [0.4, 0.5) is 8.78 Å². The topological polar surface area (TPSA) is 86.7 Å². The molecule has 10 heteroatoms. The molecule has 0 rings (SSSR count). The summed E-state index contributed by atoms with van der Waals surface area (Å²) in [7, 11) is -7.80. The first-order valence-electron chi connectivity index (χ1n) is 4.69. The molecule has 6 nitrogen and oxygen atoms in total. The molecular formula is C7H14F2O6S2. The SMILES string of the molecule is O=S(=O)(CCF)OCCCOS(=O)(=O)CCF. The molecule has 0 bridgehead atoms. The molecule has 0 unspecified atom stereocenters. The molecule has 0 aromatic rings. The molecule has 0 N–H and O–H groups in total. The minimum Gasteiger partial charge on any atom is -0.270 e. The Labute approximate surface area is 99.2 Å². The lowest BCUT2D eigenvalue weighted by Gasteiger charge is -2.04. The van der Waals surface area contributed by atoms with Gasteiger partial charge in [0.15, 0.2) is 0 Å². The first-order valence-corrected chi connectivity index (χ1v) is 7.84. The second kappa shape index (κ2) is 7.90. The summed E-state index contributed by atoms with van der Waals surface area (Å²) in [4.78, 5) is 0. The molecule has 0 spiro atoms. The minimum absolute atomic E-state index is 0.0168. The van der Waals surface area contributed by atoms with E-state index in [1.54, 1.807) is 0 Å². The van der Waals surface area contributed by atoms with Crippen molar-refractivity contribution in [3.05, 3.63) is 0 Å². The fraction of sp³-hybridized carbons (Fsp3) is 1.00. The summed E-state index contributed by atoms with van der Waals surface area (Å²) in [5.74, 6) is -1.48. The fourth-order valence-corrected chi connectivity index (χ4v) is 2.09. The van der Waals surface area contributed by atoms with Gasteiger partial charge in [0.1, 0.15) is 24.9 Å². The molecule has 0 saturated heterocycles. The molecule has 0 aliphatic carbocycles. The number of rotatable bonds is 10. The van der Waals surface area contributed by atoms with Crippen LogP contribution < -0.4 is 0 Å². The van der Waals surface area contributed by atoms with Crippen LogP contribution in [0, 0.1) is 0 Å². The third-order valence-electron chi connectivity index (χ3n) is 1.47. The normalized spacial score (nSPS) is 12.8. The molecule has 0 radical (unpaired) electrons. The number of hydrogen-bond donors (Lipinski definition) is 0. The van der Waals surface area contributed by atoms with Gasteiger partial charge >= 0.3 is 0 Å². The quantitative estimate of drug-likeness (QED) is 0.417. The van der Waals surface area contributed by atoms with Crippen LogP contribution in [0.2, 0.25) is 0 Å². The van der Waals surface area contributed by atoms with E-state index in [1.807, 2.05) is 0 Å². The summed E-state index contributed by atoms with van der Waals surface area (Å²) in [6.07, 6.45) is -0.0168. The van der Waals surface area contributed by atoms with Crippen molar-refractivity contribution in [3.8, 4) is 0 Å². The first-order chi connectivity index (χ1) is 7.83. The van der Waals surface area contributed by atoms with Gasteiger partial charge in [0, 0.05) is 0 Å². The van der Waals surface area contributed by atoms with Gasteiger partial charge in [-0.25, -0.2) is 8.78 Å². The molecule has 0 aromatic heterocycles. The zero-order valence-electron chi connectivity index (χ0n) is 8.97. The van der Waals surface area contributed by atoms with E-state index in [1.165, 1.54) is 0 Å². The van der Waals surface area contributed by atoms with Crippen LogP contribution >= 0.6 is 0 Å². The van der Waals surface area contributed by atoms with Gasteiger partial charge in [-0.05, 0) is 6.42 Å². The molecule has 0 atom stereocenters. The van der Waals surface area contributed by atoms with Crippen LogP contribution in [0.3, 0.4) is 0 Å². The predicted octanol–water partition coefficient (Wildman–Crippen LogP) is 0.00830. The average Bonchev–Trinajstić information content (AvgIpc) is 2.16. The Kier molecular flexibility index (Phi) is 7.75. The molecule has 0 saturated carbocycles. The summed E-state index contributed by atoms with van der Waals surface area (Å²) in [5.41, 5.74) is 0. The Bertz CT molecular complexity index is 353. The highest BCUT2D eigenvalue weighted by molar-refractivity contribution is 7.87. The number of hydrogen-bond acceptors (Lipinski definition) is 6. The Morgan fingerprint density at radius 1 is 0.765 bits per heavy atom. The fourth-order valence-electron chi connectivity index (χ4n) is 0.738. The summed E-state index contributed by atoms with van der Waals surface area (Å²) >= 11 is 0. The summed E-state index contributed by atoms with van der Waals surface area (Å²) in [6.45, 7) is -2.73. The molecule has 17 heavy (non-hydrogen) atoms. The Balaban J connectivity index is 3.74. The molecule has 0 aliphatic heterocycles. The highest BCUT2D eigenvalue weighted by atomic mass is 32.2. The Morgan fingerprint density at radius 3 is 1.41 bits per heavy atom. The van der Waals surface area contributed by atoms with Crippen molar-refractivity contribution in [1.82, 2.24) is 0 Å². The van der Waals surface area contributed by atoms with Crippen molar-refractivity contribution < 1.29 is 34.0 Å². The zero-order valence-corrected chi connectivity index (χ0v) is 10.6. The molecule has 0 amide bonds. The lowest BCUT2D eigenvalue weighted by atomic mass is 10.5. The number of halogens is 2. The highest BCUT2D eigenvalue weighted by Crippen LogP contribution is 1.99. The molecular weight excluding hydrogens is 282 g/mol. The lowest BCUT2D eigenvalue weighted by molar-refractivity contribution is 0.252. The van der Waals surface area contributed by atoms with E-state index in [4.69, 9.17) is 0 Å². The lowest BCUT2D eigenvalue weighted by Crippen LogP contribution is -2.16. The van der Waals surface area contributed by atoms with E-state index in [-0.39, 0.29) is 19.6 Å². The maximum Gasteiger partial charge on any atom is 0.269 e. The molecule has 104 valence electrons. The van der Waals surface area contributed by atoms with E-state index < -0.39 is 45.1 Å². The van der Waals surface area contributed by atoms with Gasteiger partial charge in [0.05, 0.1) is 13.2 Å². The van der Waals surface area contributed by atoms with Gasteiger partial charge in [-0.3, -0.25) is 8.37 Å². The Hall–Kier alpha value is -0.320. The maximum atomic E-state index is 11.7. The van der Waals surface area contributed by atoms with E-state index in [0.717, 1.165) is 0 Å². The van der Waals surface area contributed by atoms with E-state index in [9.17, 15) is 25.6 Å². The van der Waals surface area contributed by atoms with Gasteiger partial charge in [-0.2, -0.15) is 16.8 Å². The van der Waals surface area contributed by atoms with Crippen molar-refractivity contribution in [2.45, 2.75) is 6.42 Å². The third-order valence-corrected chi connectivity index (χ3v) is 3.83. The first kappa shape index (κ1) is 16.7. The van der Waals surface area contributed by atoms with Crippen molar-refractivity contribution in [2.75, 3.05) is 38.1 Å². The monoisotopic (exact) mass is 296 g/mol. The van der Waals surface area contributed by atoms with Crippen LogP contribution in [0.1, 0.15) is 6.42 Å². The van der Waals surface area contributed by atoms with Crippen LogP contribution in [0.25, 0.3) is 0 Å². The summed E-state index contributed by atoms with van der Waals surface area (Å²) in [5, 5.41) is 0. The van der Waals surface area contributed by atoms with Gasteiger partial charge in [0.25, 0.3) is 20.2 Å². The maximum absolute atomic E-state index is 11.7. The average molecular weight is 296 g/mol.